The molecule has 0 heterocycles. The van der Waals surface area contributed by atoms with Crippen LogP contribution >= 0.6 is 22.6 Å². The first kappa shape index (κ1) is 14.9. The largest absolute Gasteiger partial charge is 0.295 e. The summed E-state index contributed by atoms with van der Waals surface area (Å²) < 4.78 is 32.7. The van der Waals surface area contributed by atoms with Crippen molar-refractivity contribution in [2.24, 2.45) is 0 Å². The first-order chi connectivity index (χ1) is 9.29. The molecule has 0 fully saturated rings. The number of hydrogen-bond donors (Lipinski definition) is 1. The molecule has 0 atom stereocenters. The van der Waals surface area contributed by atoms with E-state index in [1.807, 2.05) is 22.6 Å². The van der Waals surface area contributed by atoms with Gasteiger partial charge in [-0.15, -0.1) is 0 Å². The second kappa shape index (κ2) is 5.46. The normalized spacial score (nSPS) is 11.3. The molecule has 0 aromatic heterocycles. The zero-order chi connectivity index (χ0) is 14.9. The van der Waals surface area contributed by atoms with Gasteiger partial charge in [-0.05, 0) is 46.4 Å². The molecular formula is C12H8INO5S. The van der Waals surface area contributed by atoms with Gasteiger partial charge in [-0.3, -0.25) is 14.7 Å². The maximum Gasteiger partial charge on any atom is 0.295 e. The van der Waals surface area contributed by atoms with E-state index in [0.717, 1.165) is 3.57 Å². The van der Waals surface area contributed by atoms with Crippen LogP contribution in [-0.4, -0.2) is 17.9 Å². The number of benzene rings is 2. The summed E-state index contributed by atoms with van der Waals surface area (Å²) >= 11 is 1.99. The second-order valence-corrected chi connectivity index (χ2v) is 6.56. The van der Waals surface area contributed by atoms with Crippen molar-refractivity contribution in [2.45, 2.75) is 4.90 Å². The number of nitro groups is 1. The molecule has 0 saturated carbocycles. The van der Waals surface area contributed by atoms with Gasteiger partial charge in [-0.1, -0.05) is 12.1 Å². The SMILES string of the molecule is O=[N+]([O-])c1cccc(-c2cc(I)ccc2S(=O)(=O)O)c1. The lowest BCUT2D eigenvalue weighted by Crippen LogP contribution is -2.01. The molecule has 2 aromatic carbocycles. The molecule has 2 aromatic rings. The van der Waals surface area contributed by atoms with Crippen LogP contribution in [0, 0.1) is 13.7 Å². The van der Waals surface area contributed by atoms with Crippen LogP contribution in [0.2, 0.25) is 0 Å². The fraction of sp³-hybridized carbons (Fsp3) is 0. The average molecular weight is 405 g/mol. The third kappa shape index (κ3) is 3.14. The highest BCUT2D eigenvalue weighted by atomic mass is 127. The monoisotopic (exact) mass is 405 g/mol. The van der Waals surface area contributed by atoms with Gasteiger partial charge in [0.15, 0.2) is 0 Å². The number of nitro benzene ring substituents is 1. The van der Waals surface area contributed by atoms with Crippen LogP contribution in [0.4, 0.5) is 5.69 Å². The lowest BCUT2D eigenvalue weighted by atomic mass is 10.1. The molecule has 1 N–H and O–H groups in total. The topological polar surface area (TPSA) is 97.5 Å². The van der Waals surface area contributed by atoms with Gasteiger partial charge in [-0.25, -0.2) is 0 Å². The smallest absolute Gasteiger partial charge is 0.282 e. The zero-order valence-corrected chi connectivity index (χ0v) is 12.8. The Labute approximate surface area is 128 Å². The molecule has 6 nitrogen and oxygen atoms in total. The van der Waals surface area contributed by atoms with Crippen LogP contribution in [0.5, 0.6) is 0 Å². The maximum atomic E-state index is 11.4. The maximum absolute atomic E-state index is 11.4. The van der Waals surface area contributed by atoms with Gasteiger partial charge in [0.25, 0.3) is 15.8 Å². The minimum atomic E-state index is -4.40. The molecule has 0 amide bonds. The molecule has 0 aliphatic carbocycles. The molecule has 0 bridgehead atoms. The Morgan fingerprint density at radius 2 is 1.85 bits per heavy atom. The van der Waals surface area contributed by atoms with Crippen LogP contribution in [-0.2, 0) is 10.1 Å². The minimum absolute atomic E-state index is 0.150. The molecule has 2 rings (SSSR count). The highest BCUT2D eigenvalue weighted by molar-refractivity contribution is 14.1. The molecule has 0 saturated heterocycles. The Morgan fingerprint density at radius 3 is 2.45 bits per heavy atom. The molecule has 0 unspecified atom stereocenters. The van der Waals surface area contributed by atoms with Crippen LogP contribution in [0.25, 0.3) is 11.1 Å². The van der Waals surface area contributed by atoms with Crippen molar-refractivity contribution in [3.8, 4) is 11.1 Å². The summed E-state index contributed by atoms with van der Waals surface area (Å²) in [7, 11) is -4.40. The van der Waals surface area contributed by atoms with Gasteiger partial charge in [0.05, 0.1) is 4.92 Å². The van der Waals surface area contributed by atoms with Gasteiger partial charge in [-0.2, -0.15) is 8.42 Å². The quantitative estimate of drug-likeness (QED) is 0.366. The molecular weight excluding hydrogens is 397 g/mol. The second-order valence-electron chi connectivity index (χ2n) is 3.92. The van der Waals surface area contributed by atoms with E-state index in [2.05, 4.69) is 0 Å². The summed E-state index contributed by atoms with van der Waals surface area (Å²) in [5.74, 6) is 0. The number of non-ortho nitro benzene ring substituents is 1. The Bertz CT molecular complexity index is 788. The Hall–Kier alpha value is -1.52. The van der Waals surface area contributed by atoms with Gasteiger partial charge >= 0.3 is 0 Å². The van der Waals surface area contributed by atoms with Gasteiger partial charge in [0.1, 0.15) is 4.90 Å². The van der Waals surface area contributed by atoms with Crippen molar-refractivity contribution in [1.82, 2.24) is 0 Å². The fourth-order valence-corrected chi connectivity index (χ4v) is 2.93. The Morgan fingerprint density at radius 1 is 1.15 bits per heavy atom. The number of rotatable bonds is 3. The lowest BCUT2D eigenvalue weighted by molar-refractivity contribution is -0.384. The van der Waals surface area contributed by atoms with E-state index in [0.29, 0.717) is 5.56 Å². The van der Waals surface area contributed by atoms with E-state index >= 15 is 0 Å². The lowest BCUT2D eigenvalue weighted by Gasteiger charge is -2.08. The first-order valence-electron chi connectivity index (χ1n) is 5.31. The van der Waals surface area contributed by atoms with Crippen molar-refractivity contribution >= 4 is 38.4 Å². The van der Waals surface area contributed by atoms with E-state index < -0.39 is 15.0 Å². The van der Waals surface area contributed by atoms with Gasteiger partial charge < -0.3 is 0 Å². The molecule has 20 heavy (non-hydrogen) atoms. The molecule has 0 aliphatic rings. The zero-order valence-electron chi connectivity index (χ0n) is 9.86. The third-order valence-electron chi connectivity index (χ3n) is 2.59. The Kier molecular flexibility index (Phi) is 4.06. The van der Waals surface area contributed by atoms with E-state index in [1.165, 1.54) is 30.3 Å². The average Bonchev–Trinajstić information content (AvgIpc) is 2.37. The van der Waals surface area contributed by atoms with Crippen LogP contribution in [0.1, 0.15) is 0 Å². The highest BCUT2D eigenvalue weighted by Crippen LogP contribution is 2.31. The Balaban J connectivity index is 2.72. The van der Waals surface area contributed by atoms with Crippen LogP contribution < -0.4 is 0 Å². The third-order valence-corrected chi connectivity index (χ3v) is 4.17. The molecule has 8 heteroatoms. The summed E-state index contributed by atoms with van der Waals surface area (Å²) in [6, 6.07) is 9.93. The fourth-order valence-electron chi connectivity index (χ4n) is 1.74. The number of halogens is 1. The predicted octanol–water partition coefficient (Wildman–Crippen LogP) is 3.11. The van der Waals surface area contributed by atoms with Crippen molar-refractivity contribution in [3.05, 3.63) is 56.1 Å². The summed E-state index contributed by atoms with van der Waals surface area (Å²) in [6.45, 7) is 0. The van der Waals surface area contributed by atoms with Crippen LogP contribution in [0.15, 0.2) is 47.4 Å². The standard InChI is InChI=1S/C12H8INO5S/c13-9-4-5-12(20(17,18)19)11(7-9)8-2-1-3-10(6-8)14(15)16/h1-7H,(H,17,18,19). The van der Waals surface area contributed by atoms with Crippen molar-refractivity contribution in [3.63, 3.8) is 0 Å². The van der Waals surface area contributed by atoms with Gasteiger partial charge in [0, 0.05) is 21.3 Å². The number of hydrogen-bond acceptors (Lipinski definition) is 4. The van der Waals surface area contributed by atoms with Crippen LogP contribution in [0.3, 0.4) is 0 Å². The molecule has 104 valence electrons. The summed E-state index contributed by atoms with van der Waals surface area (Å²) in [6.07, 6.45) is 0. The van der Waals surface area contributed by atoms with Gasteiger partial charge in [0.2, 0.25) is 0 Å². The van der Waals surface area contributed by atoms with Crippen molar-refractivity contribution in [2.75, 3.05) is 0 Å². The summed E-state index contributed by atoms with van der Waals surface area (Å²) in [5.41, 5.74) is 0.427. The number of nitrogens with zero attached hydrogens (tertiary/aromatic N) is 1. The minimum Gasteiger partial charge on any atom is -0.282 e. The summed E-state index contributed by atoms with van der Waals surface area (Å²) in [5, 5.41) is 10.8. The van der Waals surface area contributed by atoms with E-state index in [1.54, 1.807) is 12.1 Å². The van der Waals surface area contributed by atoms with E-state index in [9.17, 15) is 23.1 Å². The summed E-state index contributed by atoms with van der Waals surface area (Å²) in [4.78, 5) is 9.93. The predicted molar refractivity (Wildman–Crippen MR) is 81.1 cm³/mol. The molecule has 0 aliphatic heterocycles. The van der Waals surface area contributed by atoms with Crippen molar-refractivity contribution in [1.29, 1.82) is 0 Å². The van der Waals surface area contributed by atoms with E-state index in [4.69, 9.17) is 0 Å². The first-order valence-corrected chi connectivity index (χ1v) is 7.83. The van der Waals surface area contributed by atoms with E-state index in [-0.39, 0.29) is 16.1 Å². The molecule has 0 radical (unpaired) electrons. The molecule has 0 spiro atoms. The van der Waals surface area contributed by atoms with Crippen molar-refractivity contribution < 1.29 is 17.9 Å². The highest BCUT2D eigenvalue weighted by Gasteiger charge is 2.18.